The van der Waals surface area contributed by atoms with E-state index in [1.165, 1.54) is 12.3 Å². The number of hydrogen-bond donors (Lipinski definition) is 2. The summed E-state index contributed by atoms with van der Waals surface area (Å²) in [7, 11) is 0. The number of aromatic amines is 1. The van der Waals surface area contributed by atoms with Crippen LogP contribution in [0, 0.1) is 0 Å². The predicted molar refractivity (Wildman–Crippen MR) is 85.3 cm³/mol. The van der Waals surface area contributed by atoms with Gasteiger partial charge in [-0.25, -0.2) is 0 Å². The Hall–Kier alpha value is -2.08. The van der Waals surface area contributed by atoms with Crippen LogP contribution in [0.3, 0.4) is 0 Å². The quantitative estimate of drug-likeness (QED) is 0.814. The fourth-order valence-electron chi connectivity index (χ4n) is 1.85. The minimum Gasteiger partial charge on any atom is -0.494 e. The van der Waals surface area contributed by atoms with E-state index < -0.39 is 0 Å². The first kappa shape index (κ1) is 15.3. The second-order valence-electron chi connectivity index (χ2n) is 4.28. The van der Waals surface area contributed by atoms with Crippen LogP contribution >= 0.6 is 15.9 Å². The summed E-state index contributed by atoms with van der Waals surface area (Å²) in [6.07, 6.45) is 1.44. The van der Waals surface area contributed by atoms with E-state index in [2.05, 4.69) is 26.2 Å². The molecule has 0 fully saturated rings. The second-order valence-corrected chi connectivity index (χ2v) is 4.85. The predicted octanol–water partition coefficient (Wildman–Crippen LogP) is 2.92. The highest BCUT2D eigenvalue weighted by Gasteiger charge is 2.09. The minimum atomic E-state index is -0.328. The van der Waals surface area contributed by atoms with E-state index in [9.17, 15) is 9.59 Å². The summed E-state index contributed by atoms with van der Waals surface area (Å²) in [6, 6.07) is 8.23. The Morgan fingerprint density at radius 3 is 2.81 bits per heavy atom. The molecular formula is C15H15BrN2O3. The molecule has 5 nitrogen and oxygen atoms in total. The SMILES string of the molecule is CCOc1ccc(NC(=O)c2cc[nH]c(=O)c2)cc1CBr. The molecule has 1 aromatic carbocycles. The molecular weight excluding hydrogens is 336 g/mol. The average molecular weight is 351 g/mol. The van der Waals surface area contributed by atoms with E-state index in [4.69, 9.17) is 4.74 Å². The molecule has 0 saturated carbocycles. The highest BCUT2D eigenvalue weighted by Crippen LogP contribution is 2.25. The first-order valence-corrected chi connectivity index (χ1v) is 7.58. The number of alkyl halides is 1. The molecule has 1 heterocycles. The van der Waals surface area contributed by atoms with Gasteiger partial charge < -0.3 is 15.0 Å². The van der Waals surface area contributed by atoms with Crippen LogP contribution in [-0.4, -0.2) is 17.5 Å². The lowest BCUT2D eigenvalue weighted by molar-refractivity contribution is 0.102. The molecule has 1 amide bonds. The molecule has 0 unspecified atom stereocenters. The van der Waals surface area contributed by atoms with Gasteiger partial charge in [-0.05, 0) is 31.2 Å². The van der Waals surface area contributed by atoms with Crippen LogP contribution in [0.15, 0.2) is 41.3 Å². The van der Waals surface area contributed by atoms with Crippen LogP contribution in [0.1, 0.15) is 22.8 Å². The molecule has 0 saturated heterocycles. The summed E-state index contributed by atoms with van der Waals surface area (Å²) in [5.41, 5.74) is 1.60. The highest BCUT2D eigenvalue weighted by atomic mass is 79.9. The van der Waals surface area contributed by atoms with Crippen molar-refractivity contribution >= 4 is 27.5 Å². The van der Waals surface area contributed by atoms with Gasteiger partial charge in [0.15, 0.2) is 0 Å². The molecule has 2 aromatic rings. The van der Waals surface area contributed by atoms with Crippen molar-refractivity contribution in [3.8, 4) is 5.75 Å². The molecule has 21 heavy (non-hydrogen) atoms. The lowest BCUT2D eigenvalue weighted by Crippen LogP contribution is -2.15. The van der Waals surface area contributed by atoms with Gasteiger partial charge in [-0.2, -0.15) is 0 Å². The molecule has 6 heteroatoms. The zero-order chi connectivity index (χ0) is 15.2. The number of nitrogens with one attached hydrogen (secondary N) is 2. The number of ether oxygens (including phenoxy) is 1. The van der Waals surface area contributed by atoms with Crippen molar-refractivity contribution in [1.82, 2.24) is 4.98 Å². The van der Waals surface area contributed by atoms with Crippen molar-refractivity contribution < 1.29 is 9.53 Å². The molecule has 0 atom stereocenters. The molecule has 0 aliphatic heterocycles. The molecule has 0 aliphatic carbocycles. The number of hydrogen-bond acceptors (Lipinski definition) is 3. The maximum absolute atomic E-state index is 12.1. The number of benzene rings is 1. The first-order valence-electron chi connectivity index (χ1n) is 6.46. The lowest BCUT2D eigenvalue weighted by atomic mass is 10.2. The highest BCUT2D eigenvalue weighted by molar-refractivity contribution is 9.08. The number of carbonyl (C=O) groups is 1. The Kier molecular flexibility index (Phi) is 5.16. The van der Waals surface area contributed by atoms with Crippen LogP contribution in [-0.2, 0) is 5.33 Å². The van der Waals surface area contributed by atoms with E-state index in [0.29, 0.717) is 23.2 Å². The van der Waals surface area contributed by atoms with E-state index in [1.54, 1.807) is 12.1 Å². The van der Waals surface area contributed by atoms with Crippen LogP contribution in [0.2, 0.25) is 0 Å². The van der Waals surface area contributed by atoms with Crippen molar-refractivity contribution in [2.75, 3.05) is 11.9 Å². The summed E-state index contributed by atoms with van der Waals surface area (Å²) in [5.74, 6) is 0.453. The van der Waals surface area contributed by atoms with Crippen molar-refractivity contribution in [3.63, 3.8) is 0 Å². The number of anilines is 1. The molecule has 2 N–H and O–H groups in total. The number of rotatable bonds is 5. The Morgan fingerprint density at radius 1 is 1.33 bits per heavy atom. The Morgan fingerprint density at radius 2 is 2.14 bits per heavy atom. The van der Waals surface area contributed by atoms with Gasteiger partial charge in [0.25, 0.3) is 5.91 Å². The number of pyridine rings is 1. The third-order valence-electron chi connectivity index (χ3n) is 2.80. The lowest BCUT2D eigenvalue weighted by Gasteiger charge is -2.11. The van der Waals surface area contributed by atoms with Crippen molar-refractivity contribution in [2.45, 2.75) is 12.3 Å². The van der Waals surface area contributed by atoms with E-state index in [1.807, 2.05) is 19.1 Å². The third kappa shape index (κ3) is 3.95. The summed E-state index contributed by atoms with van der Waals surface area (Å²) in [5, 5.41) is 3.38. The molecule has 110 valence electrons. The number of amides is 1. The normalized spacial score (nSPS) is 10.2. The van der Waals surface area contributed by atoms with Crippen LogP contribution < -0.4 is 15.6 Å². The van der Waals surface area contributed by atoms with Gasteiger partial charge in [0, 0.05) is 34.4 Å². The topological polar surface area (TPSA) is 71.2 Å². The largest absolute Gasteiger partial charge is 0.494 e. The molecule has 0 radical (unpaired) electrons. The molecule has 1 aromatic heterocycles. The van der Waals surface area contributed by atoms with Crippen LogP contribution in [0.5, 0.6) is 5.75 Å². The summed E-state index contributed by atoms with van der Waals surface area (Å²) >= 11 is 3.40. The van der Waals surface area contributed by atoms with Gasteiger partial charge in [0.05, 0.1) is 6.61 Å². The third-order valence-corrected chi connectivity index (χ3v) is 3.40. The van der Waals surface area contributed by atoms with Gasteiger partial charge >= 0.3 is 0 Å². The Bertz CT molecular complexity index is 697. The number of H-pyrrole nitrogens is 1. The van der Waals surface area contributed by atoms with Crippen LogP contribution in [0.4, 0.5) is 5.69 Å². The van der Waals surface area contributed by atoms with Crippen molar-refractivity contribution in [1.29, 1.82) is 0 Å². The number of carbonyl (C=O) groups excluding carboxylic acids is 1. The van der Waals surface area contributed by atoms with E-state index in [-0.39, 0.29) is 11.5 Å². The fraction of sp³-hybridized carbons (Fsp3) is 0.200. The minimum absolute atomic E-state index is 0.310. The first-order chi connectivity index (χ1) is 10.1. The van der Waals surface area contributed by atoms with Gasteiger partial charge in [0.1, 0.15) is 5.75 Å². The van der Waals surface area contributed by atoms with Gasteiger partial charge in [-0.3, -0.25) is 9.59 Å². The maximum atomic E-state index is 12.1. The van der Waals surface area contributed by atoms with Gasteiger partial charge in [-0.1, -0.05) is 15.9 Å². The van der Waals surface area contributed by atoms with Crippen molar-refractivity contribution in [2.24, 2.45) is 0 Å². The monoisotopic (exact) mass is 350 g/mol. The Balaban J connectivity index is 2.19. The van der Waals surface area contributed by atoms with Crippen LogP contribution in [0.25, 0.3) is 0 Å². The number of aromatic nitrogens is 1. The number of halogens is 1. The standard InChI is InChI=1S/C15H15BrN2O3/c1-2-21-13-4-3-12(7-11(13)9-16)18-15(20)10-5-6-17-14(19)8-10/h3-8H,2,9H2,1H3,(H,17,19)(H,18,20). The van der Waals surface area contributed by atoms with E-state index >= 15 is 0 Å². The average Bonchev–Trinajstić information content (AvgIpc) is 2.49. The second kappa shape index (κ2) is 7.08. The van der Waals surface area contributed by atoms with Gasteiger partial charge in [-0.15, -0.1) is 0 Å². The zero-order valence-electron chi connectivity index (χ0n) is 11.5. The molecule has 0 spiro atoms. The van der Waals surface area contributed by atoms with E-state index in [0.717, 1.165) is 11.3 Å². The Labute approximate surface area is 130 Å². The molecule has 0 bridgehead atoms. The van der Waals surface area contributed by atoms with Crippen molar-refractivity contribution in [3.05, 3.63) is 58.0 Å². The zero-order valence-corrected chi connectivity index (χ0v) is 13.1. The molecule has 2 rings (SSSR count). The maximum Gasteiger partial charge on any atom is 0.255 e. The summed E-state index contributed by atoms with van der Waals surface area (Å²) in [6.45, 7) is 2.50. The van der Waals surface area contributed by atoms with Gasteiger partial charge in [0.2, 0.25) is 5.56 Å². The summed E-state index contributed by atoms with van der Waals surface area (Å²) in [4.78, 5) is 25.7. The summed E-state index contributed by atoms with van der Waals surface area (Å²) < 4.78 is 5.50. The smallest absolute Gasteiger partial charge is 0.255 e. The fourth-order valence-corrected chi connectivity index (χ4v) is 2.29. The molecule has 0 aliphatic rings.